The minimum atomic E-state index is 0.237. The van der Waals surface area contributed by atoms with E-state index in [9.17, 15) is 0 Å². The van der Waals surface area contributed by atoms with Crippen molar-refractivity contribution in [2.75, 3.05) is 13.2 Å². The van der Waals surface area contributed by atoms with Crippen LogP contribution < -0.4 is 10.1 Å². The van der Waals surface area contributed by atoms with Crippen LogP contribution in [0.5, 0.6) is 5.75 Å². The smallest absolute Gasteiger partial charge is 0.151 e. The Morgan fingerprint density at radius 1 is 1.25 bits per heavy atom. The first-order valence-electron chi connectivity index (χ1n) is 7.05. The highest BCUT2D eigenvalue weighted by atomic mass is 32.1. The Bertz CT molecular complexity index is 541. The molecule has 0 aliphatic carbocycles. The molecule has 1 aromatic heterocycles. The van der Waals surface area contributed by atoms with Crippen molar-refractivity contribution >= 4 is 11.3 Å². The van der Waals surface area contributed by atoms with Crippen molar-refractivity contribution in [3.05, 3.63) is 29.3 Å². The maximum Gasteiger partial charge on any atom is 0.151 e. The summed E-state index contributed by atoms with van der Waals surface area (Å²) in [5.74, 6) is 0.867. The summed E-state index contributed by atoms with van der Waals surface area (Å²) in [5, 5.41) is 14.0. The number of para-hydroxylation sites is 1. The minimum absolute atomic E-state index is 0.237. The normalized spacial score (nSPS) is 12.3. The molecule has 0 aliphatic heterocycles. The number of hydrogen-bond donors (Lipinski definition) is 1. The summed E-state index contributed by atoms with van der Waals surface area (Å²) in [6.07, 6.45) is 1.11. The molecule has 0 radical (unpaired) electrons. The van der Waals surface area contributed by atoms with E-state index in [1.165, 1.54) is 0 Å². The number of ether oxygens (including phenoxy) is 1. The largest absolute Gasteiger partial charge is 0.493 e. The number of aromatic nitrogens is 2. The van der Waals surface area contributed by atoms with E-state index in [0.717, 1.165) is 34.3 Å². The molecule has 4 nitrogen and oxygen atoms in total. The zero-order chi connectivity index (χ0) is 14.4. The average molecular weight is 291 g/mol. The highest BCUT2D eigenvalue weighted by molar-refractivity contribution is 7.14. The molecule has 1 atom stereocenters. The van der Waals surface area contributed by atoms with Gasteiger partial charge in [0.05, 0.1) is 18.2 Å². The Labute approximate surface area is 124 Å². The van der Waals surface area contributed by atoms with Gasteiger partial charge in [-0.3, -0.25) is 0 Å². The highest BCUT2D eigenvalue weighted by Crippen LogP contribution is 2.33. The molecule has 2 aromatic rings. The molecular formula is C15H21N3OS. The molecule has 108 valence electrons. The Morgan fingerprint density at radius 3 is 2.80 bits per heavy atom. The van der Waals surface area contributed by atoms with Crippen molar-refractivity contribution < 1.29 is 4.74 Å². The lowest BCUT2D eigenvalue weighted by atomic mass is 10.2. The molecule has 1 heterocycles. The zero-order valence-electron chi connectivity index (χ0n) is 12.2. The van der Waals surface area contributed by atoms with E-state index >= 15 is 0 Å². The monoisotopic (exact) mass is 291 g/mol. The van der Waals surface area contributed by atoms with Crippen LogP contribution in [-0.4, -0.2) is 23.3 Å². The Hall–Kier alpha value is -1.46. The van der Waals surface area contributed by atoms with Crippen molar-refractivity contribution in [2.24, 2.45) is 0 Å². The lowest BCUT2D eigenvalue weighted by Crippen LogP contribution is -2.18. The van der Waals surface area contributed by atoms with Crippen LogP contribution >= 0.6 is 11.3 Å². The third-order valence-corrected chi connectivity index (χ3v) is 4.07. The highest BCUT2D eigenvalue weighted by Gasteiger charge is 2.14. The van der Waals surface area contributed by atoms with E-state index in [1.54, 1.807) is 11.3 Å². The lowest BCUT2D eigenvalue weighted by Gasteiger charge is -2.08. The van der Waals surface area contributed by atoms with Crippen LogP contribution in [0.4, 0.5) is 0 Å². The fraction of sp³-hybridized carbons (Fsp3) is 0.467. The molecule has 1 unspecified atom stereocenters. The molecule has 0 spiro atoms. The maximum absolute atomic E-state index is 5.65. The Kier molecular flexibility index (Phi) is 5.49. The van der Waals surface area contributed by atoms with Gasteiger partial charge >= 0.3 is 0 Å². The fourth-order valence-electron chi connectivity index (χ4n) is 1.89. The third kappa shape index (κ3) is 3.55. The van der Waals surface area contributed by atoms with Crippen LogP contribution in [0.15, 0.2) is 24.3 Å². The van der Waals surface area contributed by atoms with Crippen molar-refractivity contribution in [2.45, 2.75) is 33.2 Å². The first-order chi connectivity index (χ1) is 9.76. The molecule has 1 N–H and O–H groups in total. The summed E-state index contributed by atoms with van der Waals surface area (Å²) < 4.78 is 5.65. The second kappa shape index (κ2) is 7.36. The van der Waals surface area contributed by atoms with Gasteiger partial charge in [-0.05, 0) is 38.9 Å². The molecule has 0 saturated carbocycles. The molecule has 2 rings (SSSR count). The van der Waals surface area contributed by atoms with E-state index in [0.29, 0.717) is 6.61 Å². The van der Waals surface area contributed by atoms with E-state index in [-0.39, 0.29) is 6.04 Å². The third-order valence-electron chi connectivity index (χ3n) is 2.93. The predicted molar refractivity (Wildman–Crippen MR) is 83.2 cm³/mol. The van der Waals surface area contributed by atoms with Crippen LogP contribution in [0.25, 0.3) is 10.6 Å². The Morgan fingerprint density at radius 2 is 2.05 bits per heavy atom. The van der Waals surface area contributed by atoms with E-state index < -0.39 is 0 Å². The zero-order valence-corrected chi connectivity index (χ0v) is 13.0. The van der Waals surface area contributed by atoms with Gasteiger partial charge in [0.25, 0.3) is 0 Å². The van der Waals surface area contributed by atoms with Crippen molar-refractivity contribution in [3.8, 4) is 16.3 Å². The first-order valence-corrected chi connectivity index (χ1v) is 7.86. The van der Waals surface area contributed by atoms with Gasteiger partial charge in [0.15, 0.2) is 5.01 Å². The number of nitrogens with one attached hydrogen (secondary N) is 1. The van der Waals surface area contributed by atoms with Crippen molar-refractivity contribution in [1.82, 2.24) is 15.5 Å². The summed E-state index contributed by atoms with van der Waals surface area (Å²) in [4.78, 5) is 0. The second-order valence-corrected chi connectivity index (χ2v) is 5.56. The summed E-state index contributed by atoms with van der Waals surface area (Å²) >= 11 is 1.62. The maximum atomic E-state index is 5.65. The summed E-state index contributed by atoms with van der Waals surface area (Å²) in [7, 11) is 0. The average Bonchev–Trinajstić information content (AvgIpc) is 2.95. The van der Waals surface area contributed by atoms with E-state index in [4.69, 9.17) is 4.74 Å². The first kappa shape index (κ1) is 14.9. The molecule has 5 heteroatoms. The number of rotatable bonds is 7. The summed E-state index contributed by atoms with van der Waals surface area (Å²) in [5.41, 5.74) is 1.01. The number of nitrogens with zero attached hydrogens (tertiary/aromatic N) is 2. The minimum Gasteiger partial charge on any atom is -0.493 e. The number of benzene rings is 1. The van der Waals surface area contributed by atoms with Crippen molar-refractivity contribution in [3.63, 3.8) is 0 Å². The molecule has 0 amide bonds. The fourth-order valence-corrected chi connectivity index (χ4v) is 2.79. The van der Waals surface area contributed by atoms with Gasteiger partial charge in [-0.25, -0.2) is 0 Å². The predicted octanol–water partition coefficient (Wildman–Crippen LogP) is 3.66. The Balaban J connectivity index is 2.20. The molecule has 0 aliphatic rings. The SMILES string of the molecule is CCCNC(C)c1nnc(-c2ccccc2OCC)s1. The van der Waals surface area contributed by atoms with Gasteiger partial charge < -0.3 is 10.1 Å². The summed E-state index contributed by atoms with van der Waals surface area (Å²) in [6.45, 7) is 7.90. The van der Waals surface area contributed by atoms with Crippen LogP contribution in [0.3, 0.4) is 0 Å². The van der Waals surface area contributed by atoms with Gasteiger partial charge in [-0.1, -0.05) is 30.4 Å². The van der Waals surface area contributed by atoms with Crippen LogP contribution in [0.2, 0.25) is 0 Å². The molecule has 20 heavy (non-hydrogen) atoms. The topological polar surface area (TPSA) is 47.0 Å². The standard InChI is InChI=1S/C15H21N3OS/c1-4-10-16-11(3)14-17-18-15(20-14)12-8-6-7-9-13(12)19-5-2/h6-9,11,16H,4-5,10H2,1-3H3. The molecular weight excluding hydrogens is 270 g/mol. The lowest BCUT2D eigenvalue weighted by molar-refractivity contribution is 0.341. The van der Waals surface area contributed by atoms with Gasteiger partial charge in [0, 0.05) is 0 Å². The number of hydrogen-bond acceptors (Lipinski definition) is 5. The molecule has 0 saturated heterocycles. The van der Waals surface area contributed by atoms with Gasteiger partial charge in [0.2, 0.25) is 0 Å². The van der Waals surface area contributed by atoms with Gasteiger partial charge in [-0.15, -0.1) is 10.2 Å². The van der Waals surface area contributed by atoms with E-state index in [2.05, 4.69) is 29.4 Å². The van der Waals surface area contributed by atoms with Crippen molar-refractivity contribution in [1.29, 1.82) is 0 Å². The molecule has 0 fully saturated rings. The van der Waals surface area contributed by atoms with Crippen LogP contribution in [0, 0.1) is 0 Å². The van der Waals surface area contributed by atoms with Crippen LogP contribution in [0.1, 0.15) is 38.2 Å². The quantitative estimate of drug-likeness (QED) is 0.845. The van der Waals surface area contributed by atoms with Gasteiger partial charge in [-0.2, -0.15) is 0 Å². The van der Waals surface area contributed by atoms with Gasteiger partial charge in [0.1, 0.15) is 10.8 Å². The summed E-state index contributed by atoms with van der Waals surface area (Å²) in [6, 6.07) is 8.21. The molecule has 0 bridgehead atoms. The van der Waals surface area contributed by atoms with E-state index in [1.807, 2.05) is 31.2 Å². The second-order valence-electron chi connectivity index (χ2n) is 4.55. The molecule has 1 aromatic carbocycles. The van der Waals surface area contributed by atoms with Crippen LogP contribution in [-0.2, 0) is 0 Å².